The van der Waals surface area contributed by atoms with Crippen molar-refractivity contribution in [1.82, 2.24) is 4.90 Å². The summed E-state index contributed by atoms with van der Waals surface area (Å²) in [4.78, 5) is 2.33. The summed E-state index contributed by atoms with van der Waals surface area (Å²) in [5.41, 5.74) is 6.94. The molecule has 0 bridgehead atoms. The maximum absolute atomic E-state index is 13.3. The summed E-state index contributed by atoms with van der Waals surface area (Å²) in [6.07, 6.45) is 2.33. The Morgan fingerprint density at radius 1 is 1.44 bits per heavy atom. The summed E-state index contributed by atoms with van der Waals surface area (Å²) in [6, 6.07) is 2.82. The Hall–Kier alpha value is -1.00. The van der Waals surface area contributed by atoms with Gasteiger partial charge >= 0.3 is 0 Å². The Labute approximate surface area is 112 Å². The normalized spacial score (nSPS) is 17.9. The molecule has 1 aliphatic rings. The van der Waals surface area contributed by atoms with Gasteiger partial charge in [-0.2, -0.15) is 0 Å². The van der Waals surface area contributed by atoms with Crippen LogP contribution in [0.3, 0.4) is 0 Å². The molecule has 1 fully saturated rings. The summed E-state index contributed by atoms with van der Waals surface area (Å²) in [6.45, 7) is 3.08. The third-order valence-electron chi connectivity index (χ3n) is 3.51. The molecular weight excluding hydrogens is 253 g/mol. The Morgan fingerprint density at radius 2 is 2.11 bits per heavy atom. The van der Waals surface area contributed by atoms with Crippen molar-refractivity contribution >= 4 is 23.0 Å². The lowest BCUT2D eigenvalue weighted by molar-refractivity contribution is 0.226. The van der Waals surface area contributed by atoms with Crippen LogP contribution in [-0.4, -0.2) is 31.6 Å². The predicted molar refractivity (Wildman–Crippen MR) is 74.5 cm³/mol. The number of likely N-dealkylation sites (tertiary alicyclic amines) is 1. The molecule has 1 aromatic rings. The second kappa shape index (κ2) is 5.76. The van der Waals surface area contributed by atoms with Gasteiger partial charge in [0.25, 0.3) is 0 Å². The fourth-order valence-electron chi connectivity index (χ4n) is 2.24. The molecule has 1 saturated heterocycles. The number of benzene rings is 1. The van der Waals surface area contributed by atoms with E-state index in [2.05, 4.69) is 17.3 Å². The van der Waals surface area contributed by atoms with Gasteiger partial charge in [0.15, 0.2) is 0 Å². The monoisotopic (exact) mass is 271 g/mol. The van der Waals surface area contributed by atoms with Crippen LogP contribution in [0.1, 0.15) is 12.8 Å². The van der Waals surface area contributed by atoms with Crippen LogP contribution in [0.4, 0.5) is 15.8 Å². The molecule has 0 aliphatic carbocycles. The second-order valence-electron chi connectivity index (χ2n) is 4.98. The standard InChI is InChI=1S/C13H19ClFN3/c1-18-4-2-9(3-5-18)8-17-13-7-11(15)10(14)6-12(13)16/h6-7,9,17H,2-5,8,16H2,1H3. The van der Waals surface area contributed by atoms with Gasteiger partial charge in [0, 0.05) is 12.6 Å². The lowest BCUT2D eigenvalue weighted by atomic mass is 9.97. The van der Waals surface area contributed by atoms with E-state index in [0.717, 1.165) is 19.6 Å². The zero-order valence-corrected chi connectivity index (χ0v) is 11.3. The maximum Gasteiger partial charge on any atom is 0.143 e. The fourth-order valence-corrected chi connectivity index (χ4v) is 2.41. The van der Waals surface area contributed by atoms with Crippen LogP contribution in [0.25, 0.3) is 0 Å². The molecule has 1 aromatic carbocycles. The molecular formula is C13H19ClFN3. The van der Waals surface area contributed by atoms with Gasteiger partial charge < -0.3 is 16.0 Å². The summed E-state index contributed by atoms with van der Waals surface area (Å²) in [7, 11) is 2.14. The summed E-state index contributed by atoms with van der Waals surface area (Å²) < 4.78 is 13.3. The average molecular weight is 272 g/mol. The quantitative estimate of drug-likeness (QED) is 0.831. The number of hydrogen-bond donors (Lipinski definition) is 2. The van der Waals surface area contributed by atoms with E-state index >= 15 is 0 Å². The Morgan fingerprint density at radius 3 is 2.78 bits per heavy atom. The molecule has 2 rings (SSSR count). The first kappa shape index (κ1) is 13.4. The number of hydrogen-bond acceptors (Lipinski definition) is 3. The Balaban J connectivity index is 1.92. The number of rotatable bonds is 3. The number of nitrogens with zero attached hydrogens (tertiary/aromatic N) is 1. The molecule has 0 radical (unpaired) electrons. The molecule has 1 heterocycles. The van der Waals surface area contributed by atoms with Gasteiger partial charge in [-0.3, -0.25) is 0 Å². The van der Waals surface area contributed by atoms with E-state index in [1.807, 2.05) is 0 Å². The highest BCUT2D eigenvalue weighted by atomic mass is 35.5. The molecule has 0 atom stereocenters. The zero-order chi connectivity index (χ0) is 13.1. The van der Waals surface area contributed by atoms with Crippen molar-refractivity contribution in [2.24, 2.45) is 5.92 Å². The van der Waals surface area contributed by atoms with E-state index in [1.165, 1.54) is 25.0 Å². The van der Waals surface area contributed by atoms with Crippen molar-refractivity contribution in [2.75, 3.05) is 37.7 Å². The molecule has 100 valence electrons. The largest absolute Gasteiger partial charge is 0.397 e. The third kappa shape index (κ3) is 3.27. The molecule has 18 heavy (non-hydrogen) atoms. The SMILES string of the molecule is CN1CCC(CNc2cc(F)c(Cl)cc2N)CC1. The number of nitrogens with two attached hydrogens (primary N) is 1. The van der Waals surface area contributed by atoms with Gasteiger partial charge in [-0.05, 0) is 45.0 Å². The fraction of sp³-hybridized carbons (Fsp3) is 0.538. The number of nitrogens with one attached hydrogen (secondary N) is 1. The molecule has 5 heteroatoms. The highest BCUT2D eigenvalue weighted by molar-refractivity contribution is 6.31. The van der Waals surface area contributed by atoms with Crippen molar-refractivity contribution in [2.45, 2.75) is 12.8 Å². The molecule has 3 N–H and O–H groups in total. The van der Waals surface area contributed by atoms with Crippen LogP contribution in [0.2, 0.25) is 5.02 Å². The molecule has 1 aliphatic heterocycles. The van der Waals surface area contributed by atoms with Crippen molar-refractivity contribution in [3.63, 3.8) is 0 Å². The minimum Gasteiger partial charge on any atom is -0.397 e. The zero-order valence-electron chi connectivity index (χ0n) is 10.5. The number of piperidine rings is 1. The number of halogens is 2. The molecule has 0 amide bonds. The van der Waals surface area contributed by atoms with Gasteiger partial charge in [-0.25, -0.2) is 4.39 Å². The smallest absolute Gasteiger partial charge is 0.143 e. The first-order valence-corrected chi connectivity index (χ1v) is 6.61. The Kier molecular flexibility index (Phi) is 4.30. The summed E-state index contributed by atoms with van der Waals surface area (Å²) >= 11 is 5.66. The van der Waals surface area contributed by atoms with Crippen molar-refractivity contribution in [3.8, 4) is 0 Å². The van der Waals surface area contributed by atoms with Crippen molar-refractivity contribution < 1.29 is 4.39 Å². The van der Waals surface area contributed by atoms with E-state index in [4.69, 9.17) is 17.3 Å². The lowest BCUT2D eigenvalue weighted by Crippen LogP contribution is -2.33. The van der Waals surface area contributed by atoms with Crippen molar-refractivity contribution in [1.29, 1.82) is 0 Å². The van der Waals surface area contributed by atoms with Crippen LogP contribution < -0.4 is 11.1 Å². The topological polar surface area (TPSA) is 41.3 Å². The Bertz CT molecular complexity index is 417. The molecule has 0 spiro atoms. The first-order chi connectivity index (χ1) is 8.56. The van der Waals surface area contributed by atoms with Gasteiger partial charge in [0.05, 0.1) is 16.4 Å². The third-order valence-corrected chi connectivity index (χ3v) is 3.80. The van der Waals surface area contributed by atoms with Crippen LogP contribution in [0.15, 0.2) is 12.1 Å². The minimum atomic E-state index is -0.434. The molecule has 0 saturated carbocycles. The van der Waals surface area contributed by atoms with Crippen LogP contribution in [0.5, 0.6) is 0 Å². The van der Waals surface area contributed by atoms with Crippen LogP contribution in [0, 0.1) is 11.7 Å². The van der Waals surface area contributed by atoms with Gasteiger partial charge in [-0.1, -0.05) is 11.6 Å². The van der Waals surface area contributed by atoms with E-state index in [1.54, 1.807) is 0 Å². The summed E-state index contributed by atoms with van der Waals surface area (Å²) in [5.74, 6) is 0.191. The molecule has 3 nitrogen and oxygen atoms in total. The molecule has 0 aromatic heterocycles. The second-order valence-corrected chi connectivity index (χ2v) is 5.39. The van der Waals surface area contributed by atoms with Crippen molar-refractivity contribution in [3.05, 3.63) is 23.0 Å². The highest BCUT2D eigenvalue weighted by Gasteiger charge is 2.16. The van der Waals surface area contributed by atoms with Crippen LogP contribution >= 0.6 is 11.6 Å². The number of nitrogen functional groups attached to an aromatic ring is 1. The highest BCUT2D eigenvalue weighted by Crippen LogP contribution is 2.27. The summed E-state index contributed by atoms with van der Waals surface area (Å²) in [5, 5.41) is 3.29. The first-order valence-electron chi connectivity index (χ1n) is 6.23. The van der Waals surface area contributed by atoms with Gasteiger partial charge in [0.2, 0.25) is 0 Å². The lowest BCUT2D eigenvalue weighted by Gasteiger charge is -2.29. The van der Waals surface area contributed by atoms with Crippen LogP contribution in [-0.2, 0) is 0 Å². The van der Waals surface area contributed by atoms with E-state index < -0.39 is 5.82 Å². The van der Waals surface area contributed by atoms with Gasteiger partial charge in [0.1, 0.15) is 5.82 Å². The maximum atomic E-state index is 13.3. The van der Waals surface area contributed by atoms with E-state index in [9.17, 15) is 4.39 Å². The van der Waals surface area contributed by atoms with E-state index in [0.29, 0.717) is 17.3 Å². The number of anilines is 2. The van der Waals surface area contributed by atoms with Gasteiger partial charge in [-0.15, -0.1) is 0 Å². The average Bonchev–Trinajstić information content (AvgIpc) is 2.34. The molecule has 0 unspecified atom stereocenters. The predicted octanol–water partition coefficient (Wildman–Crippen LogP) is 2.82. The minimum absolute atomic E-state index is 0.0670. The van der Waals surface area contributed by atoms with E-state index in [-0.39, 0.29) is 5.02 Å².